The molecule has 198 valence electrons. The summed E-state index contributed by atoms with van der Waals surface area (Å²) in [5.74, 6) is 1.17. The number of hydrogen-bond acceptors (Lipinski definition) is 6. The second-order valence-corrected chi connectivity index (χ2v) is 8.78. The summed E-state index contributed by atoms with van der Waals surface area (Å²) >= 11 is 0. The third kappa shape index (κ3) is 5.98. The van der Waals surface area contributed by atoms with Gasteiger partial charge in [0.15, 0.2) is 0 Å². The Morgan fingerprint density at radius 1 is 1.08 bits per heavy atom. The van der Waals surface area contributed by atoms with E-state index in [0.717, 1.165) is 36.3 Å². The van der Waals surface area contributed by atoms with E-state index in [4.69, 9.17) is 9.47 Å². The minimum absolute atomic E-state index is 0.00760. The molecule has 0 bridgehead atoms. The molecule has 0 atom stereocenters. The molecule has 36 heavy (non-hydrogen) atoms. The maximum absolute atomic E-state index is 13.6. The number of non-ortho nitro benzene ring substituents is 1. The zero-order valence-corrected chi connectivity index (χ0v) is 22.8. The molecule has 1 heterocycles. The van der Waals surface area contributed by atoms with Crippen LogP contribution in [0.1, 0.15) is 64.5 Å². The van der Waals surface area contributed by atoms with Gasteiger partial charge in [-0.3, -0.25) is 14.9 Å². The average molecular weight is 500 g/mol. The summed E-state index contributed by atoms with van der Waals surface area (Å²) in [6.07, 6.45) is 3.13. The summed E-state index contributed by atoms with van der Waals surface area (Å²) < 4.78 is 11.3. The number of hydrogen-bond donors (Lipinski definition) is 0. The van der Waals surface area contributed by atoms with Crippen LogP contribution in [0.2, 0.25) is 0 Å². The summed E-state index contributed by atoms with van der Waals surface area (Å²) in [7, 11) is 5.59. The Kier molecular flexibility index (Phi) is 10.7. The van der Waals surface area contributed by atoms with Gasteiger partial charge in [0, 0.05) is 18.2 Å². The van der Waals surface area contributed by atoms with Gasteiger partial charge < -0.3 is 19.3 Å². The van der Waals surface area contributed by atoms with Gasteiger partial charge in [-0.15, -0.1) is 0 Å². The lowest BCUT2D eigenvalue weighted by Crippen LogP contribution is -2.44. The van der Waals surface area contributed by atoms with E-state index in [1.165, 1.54) is 6.07 Å². The van der Waals surface area contributed by atoms with Gasteiger partial charge in [-0.05, 0) is 51.1 Å². The first-order valence-electron chi connectivity index (χ1n) is 12.9. The molecule has 0 aromatic heterocycles. The number of methoxy groups -OCH3 is 1. The van der Waals surface area contributed by atoms with E-state index in [1.54, 1.807) is 18.1 Å². The van der Waals surface area contributed by atoms with Gasteiger partial charge in [0.25, 0.3) is 5.69 Å². The second kappa shape index (κ2) is 13.3. The molecule has 4 rings (SSSR count). The van der Waals surface area contributed by atoms with Crippen molar-refractivity contribution in [1.82, 2.24) is 4.90 Å². The molecule has 1 spiro atoms. The number of rotatable bonds is 9. The van der Waals surface area contributed by atoms with Gasteiger partial charge in [-0.25, -0.2) is 0 Å². The van der Waals surface area contributed by atoms with Crippen molar-refractivity contribution in [3.8, 4) is 11.5 Å². The van der Waals surface area contributed by atoms with E-state index in [1.807, 2.05) is 66.1 Å². The zero-order chi connectivity index (χ0) is 26.9. The van der Waals surface area contributed by atoms with Crippen LogP contribution in [0.25, 0.3) is 0 Å². The number of benzene rings is 2. The standard InChI is InChI=1S/C24H29N3O5.2C2H6/c1-25(2)12-5-13-32-21-15-18(27(29)30)14-20-22(21)26(23(28)24(20)10-4-11-24)16-17-6-8-19(31-3)9-7-17;2*1-2/h6-9,14-15H,4-5,10-13,16H2,1-3H3;2*1-2H3. The van der Waals surface area contributed by atoms with Crippen LogP contribution >= 0.6 is 0 Å². The number of amides is 1. The van der Waals surface area contributed by atoms with Crippen molar-refractivity contribution in [3.63, 3.8) is 0 Å². The van der Waals surface area contributed by atoms with Gasteiger partial charge in [0.2, 0.25) is 5.91 Å². The molecule has 2 aromatic carbocycles. The Hall–Kier alpha value is -3.13. The van der Waals surface area contributed by atoms with Crippen molar-refractivity contribution < 1.29 is 19.2 Å². The highest BCUT2D eigenvalue weighted by molar-refractivity contribution is 6.10. The van der Waals surface area contributed by atoms with Gasteiger partial charge >= 0.3 is 0 Å². The molecule has 1 aliphatic carbocycles. The number of nitro groups is 1. The first kappa shape index (κ1) is 29.1. The van der Waals surface area contributed by atoms with Gasteiger partial charge in [0.1, 0.15) is 11.5 Å². The molecule has 1 fully saturated rings. The highest BCUT2D eigenvalue weighted by atomic mass is 16.6. The Morgan fingerprint density at radius 3 is 2.22 bits per heavy atom. The quantitative estimate of drug-likeness (QED) is 0.241. The van der Waals surface area contributed by atoms with Gasteiger partial charge in [-0.2, -0.15) is 0 Å². The Balaban J connectivity index is 0.00000109. The van der Waals surface area contributed by atoms with Crippen LogP contribution in [0.15, 0.2) is 36.4 Å². The molecule has 1 amide bonds. The highest BCUT2D eigenvalue weighted by Gasteiger charge is 2.56. The summed E-state index contributed by atoms with van der Waals surface area (Å²) in [6.45, 7) is 9.64. The molecule has 0 saturated heterocycles. The number of nitro benzene ring substituents is 1. The fourth-order valence-corrected chi connectivity index (χ4v) is 4.57. The first-order chi connectivity index (χ1) is 17.4. The molecule has 8 heteroatoms. The van der Waals surface area contributed by atoms with Crippen LogP contribution in [0.5, 0.6) is 11.5 Å². The number of carbonyl (C=O) groups is 1. The zero-order valence-electron chi connectivity index (χ0n) is 22.8. The lowest BCUT2D eigenvalue weighted by atomic mass is 9.65. The largest absolute Gasteiger partial charge is 0.497 e. The Labute approximate surface area is 215 Å². The third-order valence-corrected chi connectivity index (χ3v) is 6.42. The highest BCUT2D eigenvalue weighted by Crippen LogP contribution is 2.57. The predicted molar refractivity (Wildman–Crippen MR) is 144 cm³/mol. The van der Waals surface area contributed by atoms with Crippen LogP contribution in [-0.4, -0.2) is 50.1 Å². The third-order valence-electron chi connectivity index (χ3n) is 6.42. The molecular formula is C28H41N3O5. The van der Waals surface area contributed by atoms with E-state index in [2.05, 4.69) is 4.90 Å². The van der Waals surface area contributed by atoms with Crippen LogP contribution in [-0.2, 0) is 16.8 Å². The van der Waals surface area contributed by atoms with Gasteiger partial charge in [-0.1, -0.05) is 46.2 Å². The summed E-state index contributed by atoms with van der Waals surface area (Å²) in [6, 6.07) is 10.6. The summed E-state index contributed by atoms with van der Waals surface area (Å²) in [4.78, 5) is 28.7. The minimum atomic E-state index is -0.671. The molecule has 0 unspecified atom stereocenters. The lowest BCUT2D eigenvalue weighted by molar-refractivity contribution is -0.385. The normalized spacial score (nSPS) is 14.8. The van der Waals surface area contributed by atoms with E-state index in [9.17, 15) is 14.9 Å². The predicted octanol–water partition coefficient (Wildman–Crippen LogP) is 5.95. The number of anilines is 1. The lowest BCUT2D eigenvalue weighted by Gasteiger charge is -2.36. The SMILES string of the molecule is CC.CC.COc1ccc(CN2C(=O)C3(CCC3)c3cc([N+](=O)[O-])cc(OCCCN(C)C)c32)cc1. The van der Waals surface area contributed by atoms with Crippen LogP contribution in [0.3, 0.4) is 0 Å². The van der Waals surface area contributed by atoms with Crippen molar-refractivity contribution in [2.45, 2.75) is 65.3 Å². The average Bonchev–Trinajstić information content (AvgIpc) is 3.12. The van der Waals surface area contributed by atoms with Crippen molar-refractivity contribution >= 4 is 17.3 Å². The molecule has 2 aliphatic rings. The monoisotopic (exact) mass is 499 g/mol. The maximum atomic E-state index is 13.6. The maximum Gasteiger partial charge on any atom is 0.273 e. The van der Waals surface area contributed by atoms with Crippen LogP contribution < -0.4 is 14.4 Å². The van der Waals surface area contributed by atoms with Crippen molar-refractivity contribution in [2.24, 2.45) is 0 Å². The smallest absolute Gasteiger partial charge is 0.273 e. The fourth-order valence-electron chi connectivity index (χ4n) is 4.57. The van der Waals surface area contributed by atoms with E-state index in [0.29, 0.717) is 37.4 Å². The topological polar surface area (TPSA) is 85.1 Å². The van der Waals surface area contributed by atoms with Crippen molar-refractivity contribution in [1.29, 1.82) is 0 Å². The molecule has 1 aliphatic heterocycles. The number of nitrogens with zero attached hydrogens (tertiary/aromatic N) is 3. The molecular weight excluding hydrogens is 458 g/mol. The number of ether oxygens (including phenoxy) is 2. The second-order valence-electron chi connectivity index (χ2n) is 8.78. The summed E-state index contributed by atoms with van der Waals surface area (Å²) in [5, 5.41) is 11.6. The summed E-state index contributed by atoms with van der Waals surface area (Å²) in [5.41, 5.74) is 1.67. The van der Waals surface area contributed by atoms with E-state index < -0.39 is 10.3 Å². The first-order valence-corrected chi connectivity index (χ1v) is 12.9. The van der Waals surface area contributed by atoms with Crippen molar-refractivity contribution in [2.75, 3.05) is 39.3 Å². The van der Waals surface area contributed by atoms with Gasteiger partial charge in [0.05, 0.1) is 42.4 Å². The fraction of sp³-hybridized carbons (Fsp3) is 0.536. The van der Waals surface area contributed by atoms with Crippen LogP contribution in [0.4, 0.5) is 11.4 Å². The van der Waals surface area contributed by atoms with Crippen molar-refractivity contribution in [3.05, 3.63) is 57.6 Å². The van der Waals surface area contributed by atoms with E-state index in [-0.39, 0.29) is 11.6 Å². The number of carbonyl (C=O) groups excluding carboxylic acids is 1. The number of fused-ring (bicyclic) bond motifs is 2. The minimum Gasteiger partial charge on any atom is -0.497 e. The van der Waals surface area contributed by atoms with Crippen LogP contribution in [0, 0.1) is 10.1 Å². The van der Waals surface area contributed by atoms with E-state index >= 15 is 0 Å². The molecule has 8 nitrogen and oxygen atoms in total. The molecule has 1 saturated carbocycles. The Bertz CT molecular complexity index is 1020. The molecule has 0 radical (unpaired) electrons. The molecule has 2 aromatic rings. The Morgan fingerprint density at radius 2 is 1.72 bits per heavy atom. The molecule has 0 N–H and O–H groups in total.